The predicted molar refractivity (Wildman–Crippen MR) is 127 cm³/mol. The second-order valence-electron chi connectivity index (χ2n) is 9.70. The van der Waals surface area contributed by atoms with Gasteiger partial charge in [0.1, 0.15) is 5.75 Å². The van der Waals surface area contributed by atoms with Crippen molar-refractivity contribution >= 4 is 11.9 Å². The molecule has 0 amide bonds. The molecule has 4 atom stereocenters. The maximum atomic E-state index is 9.89. The van der Waals surface area contributed by atoms with Gasteiger partial charge in [-0.15, -0.1) is 0 Å². The average Bonchev–Trinajstić information content (AvgIpc) is 3.15. The largest absolute Gasteiger partial charge is 0.508 e. The van der Waals surface area contributed by atoms with Crippen molar-refractivity contribution in [3.05, 3.63) is 53.1 Å². The molecule has 2 aromatic rings. The van der Waals surface area contributed by atoms with Crippen molar-refractivity contribution in [1.29, 1.82) is 0 Å². The Morgan fingerprint density at radius 2 is 1.84 bits per heavy atom. The van der Waals surface area contributed by atoms with E-state index < -0.39 is 0 Å². The van der Waals surface area contributed by atoms with E-state index in [9.17, 15) is 5.11 Å². The molecule has 0 unspecified atom stereocenters. The summed E-state index contributed by atoms with van der Waals surface area (Å²) >= 11 is 0. The van der Waals surface area contributed by atoms with Crippen LogP contribution in [0.1, 0.15) is 61.6 Å². The smallest absolute Gasteiger partial charge is 0.161 e. The average molecular weight is 433 g/mol. The standard InChI is InChI=1S/C27H32N2O3/c1-27-13-12-21-20-8-6-19(30)15-18(20)5-7-22(21)23(27)9-11-26(27)29-28-16-17-4-10-24(31-2)25(14-17)32-3/h4,6,8,10,14-16,21-23,30H,5,7,9,11-13H2,1-3H3/b28-16-,29-26-/t21-,22+,23+,27+/m0/s1. The monoisotopic (exact) mass is 432 g/mol. The molecule has 0 radical (unpaired) electrons. The number of rotatable bonds is 4. The Morgan fingerprint density at radius 1 is 1.00 bits per heavy atom. The molecule has 5 rings (SSSR count). The molecule has 2 aromatic carbocycles. The SMILES string of the molecule is COc1ccc(/C=N\N=C2\CC[C@@H]3[C@@H]4CCc5cc(O)ccc5[C@@H]4CC[C@@]23C)cc1OC. The number of methoxy groups -OCH3 is 2. The molecule has 0 bridgehead atoms. The van der Waals surface area contributed by atoms with E-state index in [-0.39, 0.29) is 5.41 Å². The van der Waals surface area contributed by atoms with E-state index in [2.05, 4.69) is 18.1 Å². The van der Waals surface area contributed by atoms with Gasteiger partial charge in [-0.25, -0.2) is 0 Å². The molecule has 5 heteroatoms. The van der Waals surface area contributed by atoms with Crippen molar-refractivity contribution in [3.8, 4) is 17.2 Å². The van der Waals surface area contributed by atoms with Gasteiger partial charge < -0.3 is 14.6 Å². The lowest BCUT2D eigenvalue weighted by Gasteiger charge is -2.49. The Labute approximate surface area is 190 Å². The van der Waals surface area contributed by atoms with Crippen LogP contribution in [0, 0.1) is 17.3 Å². The van der Waals surface area contributed by atoms with E-state index in [1.165, 1.54) is 36.1 Å². The van der Waals surface area contributed by atoms with Gasteiger partial charge in [-0.2, -0.15) is 10.2 Å². The molecule has 0 aromatic heterocycles. The molecule has 3 aliphatic rings. The number of aryl methyl sites for hydroxylation is 1. The molecule has 2 fully saturated rings. The highest BCUT2D eigenvalue weighted by Crippen LogP contribution is 2.60. The third-order valence-electron chi connectivity index (χ3n) is 8.24. The van der Waals surface area contributed by atoms with Gasteiger partial charge in [-0.3, -0.25) is 0 Å². The molecular formula is C27H32N2O3. The minimum atomic E-state index is 0.143. The van der Waals surface area contributed by atoms with E-state index in [1.54, 1.807) is 20.4 Å². The van der Waals surface area contributed by atoms with Crippen molar-refractivity contribution in [2.45, 2.75) is 51.4 Å². The molecular weight excluding hydrogens is 400 g/mol. The quantitative estimate of drug-likeness (QED) is 0.495. The third kappa shape index (κ3) is 3.48. The van der Waals surface area contributed by atoms with E-state index >= 15 is 0 Å². The zero-order valence-corrected chi connectivity index (χ0v) is 19.2. The number of hydrogen-bond donors (Lipinski definition) is 1. The molecule has 2 saturated carbocycles. The van der Waals surface area contributed by atoms with Crippen molar-refractivity contribution in [1.82, 2.24) is 0 Å². The number of fused-ring (bicyclic) bond motifs is 5. The summed E-state index contributed by atoms with van der Waals surface area (Å²) < 4.78 is 10.7. The number of nitrogens with zero attached hydrogens (tertiary/aromatic N) is 2. The Balaban J connectivity index is 1.35. The number of hydrogen-bond acceptors (Lipinski definition) is 5. The van der Waals surface area contributed by atoms with E-state index in [0.717, 1.165) is 24.8 Å². The van der Waals surface area contributed by atoms with Gasteiger partial charge >= 0.3 is 0 Å². The molecule has 0 aliphatic heterocycles. The summed E-state index contributed by atoms with van der Waals surface area (Å²) in [4.78, 5) is 0. The van der Waals surface area contributed by atoms with Gasteiger partial charge in [0, 0.05) is 11.1 Å². The van der Waals surface area contributed by atoms with Crippen molar-refractivity contribution in [2.75, 3.05) is 14.2 Å². The predicted octanol–water partition coefficient (Wildman–Crippen LogP) is 5.74. The summed E-state index contributed by atoms with van der Waals surface area (Å²) in [5, 5.41) is 19.1. The van der Waals surface area contributed by atoms with Crippen molar-refractivity contribution in [3.63, 3.8) is 0 Å². The second-order valence-corrected chi connectivity index (χ2v) is 9.70. The van der Waals surface area contributed by atoms with Crippen LogP contribution in [-0.2, 0) is 6.42 Å². The van der Waals surface area contributed by atoms with Crippen LogP contribution in [0.15, 0.2) is 46.6 Å². The highest BCUT2D eigenvalue weighted by atomic mass is 16.5. The summed E-state index contributed by atoms with van der Waals surface area (Å²) in [6.07, 6.45) is 8.68. The van der Waals surface area contributed by atoms with E-state index in [4.69, 9.17) is 14.6 Å². The molecule has 0 spiro atoms. The highest BCUT2D eigenvalue weighted by molar-refractivity contribution is 5.93. The van der Waals surface area contributed by atoms with Crippen LogP contribution in [-0.4, -0.2) is 31.3 Å². The molecule has 0 saturated heterocycles. The first-order chi connectivity index (χ1) is 15.5. The third-order valence-corrected chi connectivity index (χ3v) is 8.24. The molecule has 3 aliphatic carbocycles. The minimum absolute atomic E-state index is 0.143. The van der Waals surface area contributed by atoms with Crippen molar-refractivity contribution < 1.29 is 14.6 Å². The lowest BCUT2D eigenvalue weighted by Crippen LogP contribution is -2.42. The van der Waals surface area contributed by atoms with Gasteiger partial charge in [-0.1, -0.05) is 13.0 Å². The first-order valence-corrected chi connectivity index (χ1v) is 11.7. The van der Waals surface area contributed by atoms with Gasteiger partial charge in [0.15, 0.2) is 11.5 Å². The van der Waals surface area contributed by atoms with Crippen LogP contribution >= 0.6 is 0 Å². The number of phenolic OH excluding ortho intramolecular Hbond substituents is 1. The molecule has 32 heavy (non-hydrogen) atoms. The van der Waals surface area contributed by atoms with Crippen molar-refractivity contribution in [2.24, 2.45) is 27.5 Å². The summed E-state index contributed by atoms with van der Waals surface area (Å²) in [6.45, 7) is 2.41. The normalized spacial score (nSPS) is 30.1. The van der Waals surface area contributed by atoms with Crippen LogP contribution in [0.25, 0.3) is 0 Å². The van der Waals surface area contributed by atoms with Gasteiger partial charge in [0.25, 0.3) is 0 Å². The van der Waals surface area contributed by atoms with Gasteiger partial charge in [0.2, 0.25) is 0 Å². The maximum Gasteiger partial charge on any atom is 0.161 e. The molecule has 0 heterocycles. The molecule has 1 N–H and O–H groups in total. The number of phenols is 1. The first kappa shape index (κ1) is 21.0. The Hall–Kier alpha value is -2.82. The lowest BCUT2D eigenvalue weighted by molar-refractivity contribution is 0.0955. The van der Waals surface area contributed by atoms with Crippen LogP contribution in [0.2, 0.25) is 0 Å². The van der Waals surface area contributed by atoms with Crippen LogP contribution in [0.4, 0.5) is 0 Å². The number of aromatic hydroxyl groups is 1. The Bertz CT molecular complexity index is 1080. The molecule has 5 nitrogen and oxygen atoms in total. The Kier molecular flexibility index (Phi) is 5.44. The minimum Gasteiger partial charge on any atom is -0.508 e. The van der Waals surface area contributed by atoms with Crippen LogP contribution in [0.5, 0.6) is 17.2 Å². The van der Waals surface area contributed by atoms with Gasteiger partial charge in [0.05, 0.1) is 20.4 Å². The molecule has 168 valence electrons. The number of benzene rings is 2. The summed E-state index contributed by atoms with van der Waals surface area (Å²) in [6, 6.07) is 11.8. The zero-order chi connectivity index (χ0) is 22.3. The fourth-order valence-electron chi connectivity index (χ4n) is 6.62. The van der Waals surface area contributed by atoms with E-state index in [0.29, 0.717) is 35.0 Å². The van der Waals surface area contributed by atoms with Gasteiger partial charge in [-0.05, 0) is 103 Å². The first-order valence-electron chi connectivity index (χ1n) is 11.7. The fourth-order valence-corrected chi connectivity index (χ4v) is 6.62. The number of ether oxygens (including phenoxy) is 2. The lowest BCUT2D eigenvalue weighted by atomic mass is 9.55. The highest BCUT2D eigenvalue weighted by Gasteiger charge is 2.53. The van der Waals surface area contributed by atoms with Crippen LogP contribution < -0.4 is 9.47 Å². The summed E-state index contributed by atoms with van der Waals surface area (Å²) in [5.74, 6) is 3.79. The Morgan fingerprint density at radius 3 is 2.66 bits per heavy atom. The summed E-state index contributed by atoms with van der Waals surface area (Å²) in [7, 11) is 3.28. The fraction of sp³-hybridized carbons (Fsp3) is 0.481. The summed E-state index contributed by atoms with van der Waals surface area (Å²) in [5.41, 5.74) is 5.17. The van der Waals surface area contributed by atoms with E-state index in [1.807, 2.05) is 30.3 Å². The van der Waals surface area contributed by atoms with Crippen LogP contribution in [0.3, 0.4) is 0 Å². The topological polar surface area (TPSA) is 63.4 Å². The maximum absolute atomic E-state index is 9.89. The second kappa shape index (κ2) is 8.27. The zero-order valence-electron chi connectivity index (χ0n) is 19.2.